The lowest BCUT2D eigenvalue weighted by molar-refractivity contribution is 0.281. The molecule has 2 heterocycles. The van der Waals surface area contributed by atoms with Crippen molar-refractivity contribution in [3.8, 4) is 0 Å². The van der Waals surface area contributed by atoms with Gasteiger partial charge in [0.2, 0.25) is 0 Å². The minimum absolute atomic E-state index is 0. The number of aryl methyl sites for hydroxylation is 1. The predicted molar refractivity (Wildman–Crippen MR) is 73.1 cm³/mol. The Labute approximate surface area is 114 Å². The second-order valence-corrected chi connectivity index (χ2v) is 4.73. The lowest BCUT2D eigenvalue weighted by Gasteiger charge is -2.20. The molecule has 1 aliphatic heterocycles. The molecule has 0 saturated carbocycles. The SMILES string of the molecule is Cl.OCCCCCn1cc(C2CCCNC2)nn1. The summed E-state index contributed by atoms with van der Waals surface area (Å²) in [5.41, 5.74) is 1.12. The first kappa shape index (κ1) is 15.4. The van der Waals surface area contributed by atoms with Crippen LogP contribution in [-0.4, -0.2) is 39.8 Å². The van der Waals surface area contributed by atoms with E-state index in [2.05, 4.69) is 21.8 Å². The molecule has 0 amide bonds. The van der Waals surface area contributed by atoms with E-state index in [9.17, 15) is 0 Å². The highest BCUT2D eigenvalue weighted by Crippen LogP contribution is 2.20. The van der Waals surface area contributed by atoms with Crippen molar-refractivity contribution in [3.05, 3.63) is 11.9 Å². The third-order valence-electron chi connectivity index (χ3n) is 3.32. The molecule has 0 radical (unpaired) electrons. The zero-order valence-electron chi connectivity index (χ0n) is 10.7. The third-order valence-corrected chi connectivity index (χ3v) is 3.32. The van der Waals surface area contributed by atoms with Crippen molar-refractivity contribution in [3.63, 3.8) is 0 Å². The van der Waals surface area contributed by atoms with Crippen molar-refractivity contribution in [2.24, 2.45) is 0 Å². The van der Waals surface area contributed by atoms with Gasteiger partial charge in [-0.05, 0) is 38.6 Å². The van der Waals surface area contributed by atoms with E-state index in [-0.39, 0.29) is 19.0 Å². The van der Waals surface area contributed by atoms with Crippen LogP contribution in [-0.2, 0) is 6.54 Å². The molecule has 1 fully saturated rings. The molecule has 1 aromatic heterocycles. The van der Waals surface area contributed by atoms with E-state index in [0.29, 0.717) is 5.92 Å². The Morgan fingerprint density at radius 2 is 2.28 bits per heavy atom. The highest BCUT2D eigenvalue weighted by atomic mass is 35.5. The first-order chi connectivity index (χ1) is 8.40. The van der Waals surface area contributed by atoms with Gasteiger partial charge in [-0.15, -0.1) is 17.5 Å². The molecular formula is C12H23ClN4O. The molecule has 2 rings (SSSR count). The Kier molecular flexibility index (Phi) is 7.23. The normalized spacial score (nSPS) is 19.5. The summed E-state index contributed by atoms with van der Waals surface area (Å²) in [7, 11) is 0. The average Bonchev–Trinajstić information content (AvgIpc) is 2.85. The van der Waals surface area contributed by atoms with Crippen molar-refractivity contribution in [1.82, 2.24) is 20.3 Å². The fourth-order valence-electron chi connectivity index (χ4n) is 2.28. The predicted octanol–water partition coefficient (Wildman–Crippen LogP) is 1.33. The van der Waals surface area contributed by atoms with E-state index in [4.69, 9.17) is 5.11 Å². The summed E-state index contributed by atoms with van der Waals surface area (Å²) in [6, 6.07) is 0. The topological polar surface area (TPSA) is 63.0 Å². The summed E-state index contributed by atoms with van der Waals surface area (Å²) in [5.74, 6) is 0.537. The van der Waals surface area contributed by atoms with Gasteiger partial charge in [0.1, 0.15) is 0 Å². The van der Waals surface area contributed by atoms with Gasteiger partial charge in [-0.2, -0.15) is 0 Å². The number of nitrogens with one attached hydrogen (secondary N) is 1. The summed E-state index contributed by atoms with van der Waals surface area (Å²) in [5, 5.41) is 20.5. The van der Waals surface area contributed by atoms with Gasteiger partial charge in [-0.25, -0.2) is 0 Å². The molecule has 1 aliphatic rings. The Morgan fingerprint density at radius 1 is 1.39 bits per heavy atom. The van der Waals surface area contributed by atoms with Crippen LogP contribution < -0.4 is 5.32 Å². The van der Waals surface area contributed by atoms with Crippen molar-refractivity contribution in [1.29, 1.82) is 0 Å². The Hall–Kier alpha value is -0.650. The van der Waals surface area contributed by atoms with Gasteiger partial charge in [0, 0.05) is 31.8 Å². The molecule has 18 heavy (non-hydrogen) atoms. The van der Waals surface area contributed by atoms with Crippen molar-refractivity contribution >= 4 is 12.4 Å². The summed E-state index contributed by atoms with van der Waals surface area (Å²) < 4.78 is 1.93. The van der Waals surface area contributed by atoms with Crippen LogP contribution in [0.2, 0.25) is 0 Å². The summed E-state index contributed by atoms with van der Waals surface area (Å²) in [4.78, 5) is 0. The summed E-state index contributed by atoms with van der Waals surface area (Å²) >= 11 is 0. The molecule has 1 saturated heterocycles. The van der Waals surface area contributed by atoms with Gasteiger partial charge in [-0.3, -0.25) is 4.68 Å². The average molecular weight is 275 g/mol. The molecule has 0 bridgehead atoms. The van der Waals surface area contributed by atoms with Crippen molar-refractivity contribution < 1.29 is 5.11 Å². The second kappa shape index (κ2) is 8.45. The number of aliphatic hydroxyl groups excluding tert-OH is 1. The number of piperidine rings is 1. The molecule has 6 heteroatoms. The van der Waals surface area contributed by atoms with Gasteiger partial charge < -0.3 is 10.4 Å². The quantitative estimate of drug-likeness (QED) is 0.769. The summed E-state index contributed by atoms with van der Waals surface area (Å²) in [6.45, 7) is 3.36. The fourth-order valence-corrected chi connectivity index (χ4v) is 2.28. The first-order valence-electron chi connectivity index (χ1n) is 6.62. The zero-order valence-corrected chi connectivity index (χ0v) is 11.5. The minimum Gasteiger partial charge on any atom is -0.396 e. The molecule has 0 aromatic carbocycles. The lowest BCUT2D eigenvalue weighted by Crippen LogP contribution is -2.28. The molecule has 1 unspecified atom stereocenters. The number of halogens is 1. The highest BCUT2D eigenvalue weighted by Gasteiger charge is 2.17. The lowest BCUT2D eigenvalue weighted by atomic mass is 9.97. The van der Waals surface area contributed by atoms with E-state index in [1.165, 1.54) is 12.8 Å². The van der Waals surface area contributed by atoms with Crippen LogP contribution in [0.1, 0.15) is 43.7 Å². The number of nitrogens with zero attached hydrogens (tertiary/aromatic N) is 3. The molecular weight excluding hydrogens is 252 g/mol. The molecule has 0 spiro atoms. The molecule has 2 N–H and O–H groups in total. The van der Waals surface area contributed by atoms with Gasteiger partial charge in [0.25, 0.3) is 0 Å². The van der Waals surface area contributed by atoms with E-state index >= 15 is 0 Å². The monoisotopic (exact) mass is 274 g/mol. The van der Waals surface area contributed by atoms with Crippen LogP contribution in [0.25, 0.3) is 0 Å². The number of aliphatic hydroxyl groups is 1. The van der Waals surface area contributed by atoms with E-state index in [0.717, 1.165) is 44.6 Å². The largest absolute Gasteiger partial charge is 0.396 e. The second-order valence-electron chi connectivity index (χ2n) is 4.73. The van der Waals surface area contributed by atoms with Crippen molar-refractivity contribution in [2.75, 3.05) is 19.7 Å². The first-order valence-corrected chi connectivity index (χ1v) is 6.62. The minimum atomic E-state index is 0. The van der Waals surface area contributed by atoms with Crippen LogP contribution in [0.15, 0.2) is 6.20 Å². The van der Waals surface area contributed by atoms with Crippen LogP contribution >= 0.6 is 12.4 Å². The maximum atomic E-state index is 8.70. The van der Waals surface area contributed by atoms with E-state index < -0.39 is 0 Å². The number of hydrogen-bond donors (Lipinski definition) is 2. The van der Waals surface area contributed by atoms with Gasteiger partial charge in [0.05, 0.1) is 5.69 Å². The molecule has 104 valence electrons. The zero-order chi connectivity index (χ0) is 11.9. The number of hydrogen-bond acceptors (Lipinski definition) is 4. The van der Waals surface area contributed by atoms with Gasteiger partial charge in [-0.1, -0.05) is 5.21 Å². The van der Waals surface area contributed by atoms with Crippen LogP contribution in [0, 0.1) is 0 Å². The number of rotatable bonds is 6. The standard InChI is InChI=1S/C12H22N4O.ClH/c17-8-3-1-2-7-16-10-12(14-15-16)11-5-4-6-13-9-11;/h10-11,13,17H,1-9H2;1H. The number of unbranched alkanes of at least 4 members (excludes halogenated alkanes) is 2. The van der Waals surface area contributed by atoms with Crippen LogP contribution in [0.3, 0.4) is 0 Å². The van der Waals surface area contributed by atoms with Crippen molar-refractivity contribution in [2.45, 2.75) is 44.6 Å². The summed E-state index contributed by atoms with van der Waals surface area (Å²) in [6.07, 6.45) is 7.53. The highest BCUT2D eigenvalue weighted by molar-refractivity contribution is 5.85. The van der Waals surface area contributed by atoms with Gasteiger partial charge in [0.15, 0.2) is 0 Å². The molecule has 1 atom stereocenters. The third kappa shape index (κ3) is 4.55. The molecule has 5 nitrogen and oxygen atoms in total. The van der Waals surface area contributed by atoms with Crippen LogP contribution in [0.4, 0.5) is 0 Å². The smallest absolute Gasteiger partial charge is 0.0870 e. The Bertz CT molecular complexity index is 326. The van der Waals surface area contributed by atoms with E-state index in [1.54, 1.807) is 0 Å². The van der Waals surface area contributed by atoms with Crippen LogP contribution in [0.5, 0.6) is 0 Å². The fraction of sp³-hybridized carbons (Fsp3) is 0.833. The molecule has 1 aromatic rings. The Balaban J connectivity index is 0.00000162. The molecule has 0 aliphatic carbocycles. The van der Waals surface area contributed by atoms with E-state index in [1.807, 2.05) is 4.68 Å². The van der Waals surface area contributed by atoms with Gasteiger partial charge >= 0.3 is 0 Å². The maximum Gasteiger partial charge on any atom is 0.0870 e. The Morgan fingerprint density at radius 3 is 3.00 bits per heavy atom. The number of aromatic nitrogens is 3. The maximum absolute atomic E-state index is 8.70.